The maximum atomic E-state index is 12.9. The smallest absolute Gasteiger partial charge is 0.417 e. The van der Waals surface area contributed by atoms with Gasteiger partial charge in [-0.15, -0.1) is 0 Å². The van der Waals surface area contributed by atoms with Gasteiger partial charge < -0.3 is 15.0 Å². The first-order valence-corrected chi connectivity index (χ1v) is 9.95. The fourth-order valence-electron chi connectivity index (χ4n) is 3.73. The molecule has 0 radical (unpaired) electrons. The van der Waals surface area contributed by atoms with Crippen molar-refractivity contribution < 1.29 is 22.7 Å². The van der Waals surface area contributed by atoms with Crippen molar-refractivity contribution in [2.24, 2.45) is 0 Å². The summed E-state index contributed by atoms with van der Waals surface area (Å²) >= 11 is 0. The number of aromatic nitrogens is 2. The number of hydrogen-bond acceptors (Lipinski definition) is 6. The van der Waals surface area contributed by atoms with E-state index in [1.807, 2.05) is 6.08 Å². The monoisotopic (exact) mass is 441 g/mol. The number of benzene rings is 1. The van der Waals surface area contributed by atoms with Crippen LogP contribution in [0, 0.1) is 0 Å². The van der Waals surface area contributed by atoms with E-state index in [9.17, 15) is 18.0 Å². The lowest BCUT2D eigenvalue weighted by Gasteiger charge is -2.29. The van der Waals surface area contributed by atoms with Crippen molar-refractivity contribution in [3.8, 4) is 11.6 Å². The van der Waals surface area contributed by atoms with Crippen LogP contribution in [0.2, 0.25) is 0 Å². The molecule has 0 saturated carbocycles. The van der Waals surface area contributed by atoms with Crippen LogP contribution >= 0.6 is 0 Å². The highest BCUT2D eigenvalue weighted by Gasteiger charge is 2.31. The summed E-state index contributed by atoms with van der Waals surface area (Å²) < 4.78 is 43.6. The van der Waals surface area contributed by atoms with E-state index in [1.54, 1.807) is 35.2 Å². The second-order valence-corrected chi connectivity index (χ2v) is 7.52. The zero-order valence-corrected chi connectivity index (χ0v) is 16.7. The van der Waals surface area contributed by atoms with E-state index in [0.29, 0.717) is 36.7 Å². The van der Waals surface area contributed by atoms with Gasteiger partial charge in [-0.25, -0.2) is 9.97 Å². The summed E-state index contributed by atoms with van der Waals surface area (Å²) in [6, 6.07) is 10.6. The molecule has 1 saturated heterocycles. The number of carbonyl (C=O) groups is 1. The minimum atomic E-state index is -4.45. The molecule has 0 bridgehead atoms. The molecule has 1 amide bonds. The SMILES string of the molecule is O=C(c1ccc2cc(Oc3ccc(C(F)(F)F)cn3)ccc2n1)N1CC=C2NCNC2C1. The van der Waals surface area contributed by atoms with Crippen molar-refractivity contribution in [3.63, 3.8) is 0 Å². The van der Waals surface area contributed by atoms with E-state index in [4.69, 9.17) is 4.74 Å². The molecule has 7 nitrogen and oxygen atoms in total. The normalized spacial score (nSPS) is 18.2. The molecule has 1 fully saturated rings. The van der Waals surface area contributed by atoms with Gasteiger partial charge in [0.1, 0.15) is 11.4 Å². The van der Waals surface area contributed by atoms with Crippen molar-refractivity contribution in [2.45, 2.75) is 12.2 Å². The van der Waals surface area contributed by atoms with Gasteiger partial charge in [0.15, 0.2) is 0 Å². The number of rotatable bonds is 3. The molecule has 2 aromatic heterocycles. The molecule has 2 aliphatic rings. The van der Waals surface area contributed by atoms with Gasteiger partial charge in [0.2, 0.25) is 5.88 Å². The average Bonchev–Trinajstić information content (AvgIpc) is 3.26. The Labute approximate surface area is 180 Å². The molecule has 2 aliphatic heterocycles. The largest absolute Gasteiger partial charge is 0.439 e. The fourth-order valence-corrected chi connectivity index (χ4v) is 3.73. The van der Waals surface area contributed by atoms with Crippen LogP contribution in [0.1, 0.15) is 16.1 Å². The van der Waals surface area contributed by atoms with Crippen molar-refractivity contribution in [2.75, 3.05) is 19.8 Å². The summed E-state index contributed by atoms with van der Waals surface area (Å²) in [7, 11) is 0. The number of amides is 1. The predicted octanol–water partition coefficient (Wildman–Crippen LogP) is 3.30. The molecule has 4 heterocycles. The van der Waals surface area contributed by atoms with Crippen molar-refractivity contribution >= 4 is 16.8 Å². The zero-order valence-electron chi connectivity index (χ0n) is 16.7. The van der Waals surface area contributed by atoms with Crippen LogP contribution < -0.4 is 15.4 Å². The number of ether oxygens (including phenoxy) is 1. The van der Waals surface area contributed by atoms with E-state index in [0.717, 1.165) is 23.3 Å². The molecule has 10 heteroatoms. The third kappa shape index (κ3) is 3.96. The summed E-state index contributed by atoms with van der Waals surface area (Å²) in [5.41, 5.74) is 1.23. The molecular weight excluding hydrogens is 423 g/mol. The van der Waals surface area contributed by atoms with Crippen molar-refractivity contribution in [1.29, 1.82) is 0 Å². The molecule has 1 aromatic carbocycles. The molecule has 1 atom stereocenters. The Balaban J connectivity index is 1.32. The Hall–Kier alpha value is -3.66. The van der Waals surface area contributed by atoms with Gasteiger partial charge >= 0.3 is 6.18 Å². The maximum Gasteiger partial charge on any atom is 0.417 e. The molecule has 1 unspecified atom stereocenters. The minimum absolute atomic E-state index is 0.0460. The molecule has 0 spiro atoms. The maximum absolute atomic E-state index is 12.9. The van der Waals surface area contributed by atoms with Crippen molar-refractivity contribution in [3.05, 3.63) is 71.7 Å². The molecule has 0 aliphatic carbocycles. The summed E-state index contributed by atoms with van der Waals surface area (Å²) in [5, 5.41) is 7.27. The lowest BCUT2D eigenvalue weighted by molar-refractivity contribution is -0.137. The Morgan fingerprint density at radius 3 is 2.81 bits per heavy atom. The van der Waals surface area contributed by atoms with Gasteiger partial charge in [0.25, 0.3) is 5.91 Å². The predicted molar refractivity (Wildman–Crippen MR) is 110 cm³/mol. The number of nitrogens with one attached hydrogen (secondary N) is 2. The Kier molecular flexibility index (Phi) is 4.93. The van der Waals surface area contributed by atoms with Crippen LogP contribution in [0.15, 0.2) is 60.4 Å². The van der Waals surface area contributed by atoms with Crippen LogP contribution in [0.4, 0.5) is 13.2 Å². The van der Waals surface area contributed by atoms with Gasteiger partial charge in [0, 0.05) is 36.4 Å². The fraction of sp³-hybridized carbons (Fsp3) is 0.227. The second kappa shape index (κ2) is 7.79. The minimum Gasteiger partial charge on any atom is -0.439 e. The third-order valence-electron chi connectivity index (χ3n) is 5.40. The number of hydrogen-bond donors (Lipinski definition) is 2. The average molecular weight is 441 g/mol. The highest BCUT2D eigenvalue weighted by Crippen LogP contribution is 2.30. The molecule has 5 rings (SSSR count). The first-order chi connectivity index (χ1) is 15.4. The molecular formula is C22H18F3N5O2. The Bertz CT molecular complexity index is 1210. The summed E-state index contributed by atoms with van der Waals surface area (Å²) in [6.07, 6.45) is -1.72. The second-order valence-electron chi connectivity index (χ2n) is 7.52. The highest BCUT2D eigenvalue weighted by atomic mass is 19.4. The summed E-state index contributed by atoms with van der Waals surface area (Å²) in [4.78, 5) is 22.8. The van der Waals surface area contributed by atoms with Crippen LogP contribution in [0.3, 0.4) is 0 Å². The Morgan fingerprint density at radius 2 is 2.03 bits per heavy atom. The van der Waals surface area contributed by atoms with E-state index in [2.05, 4.69) is 20.6 Å². The van der Waals surface area contributed by atoms with Gasteiger partial charge in [-0.2, -0.15) is 13.2 Å². The number of nitrogens with zero attached hydrogens (tertiary/aromatic N) is 3. The van der Waals surface area contributed by atoms with Gasteiger partial charge in [0.05, 0.1) is 23.8 Å². The number of halogens is 3. The number of fused-ring (bicyclic) bond motifs is 2. The van der Waals surface area contributed by atoms with Crippen LogP contribution in [-0.2, 0) is 6.18 Å². The number of alkyl halides is 3. The van der Waals surface area contributed by atoms with E-state index in [1.165, 1.54) is 6.07 Å². The van der Waals surface area contributed by atoms with E-state index in [-0.39, 0.29) is 17.8 Å². The summed E-state index contributed by atoms with van der Waals surface area (Å²) in [6.45, 7) is 1.79. The first kappa shape index (κ1) is 20.3. The summed E-state index contributed by atoms with van der Waals surface area (Å²) in [5.74, 6) is 0.300. The highest BCUT2D eigenvalue weighted by molar-refractivity contribution is 5.95. The zero-order chi connectivity index (χ0) is 22.3. The van der Waals surface area contributed by atoms with Gasteiger partial charge in [-0.05, 0) is 36.4 Å². The standard InChI is InChI=1S/C22H18F3N5O2/c23-22(24,25)14-2-6-20(26-10-14)32-15-3-5-16-13(9-15)1-4-18(29-16)21(31)30-8-7-17-19(11-30)28-12-27-17/h1-7,9-10,19,27-28H,8,11-12H2. The quantitative estimate of drug-likeness (QED) is 0.650. The third-order valence-corrected chi connectivity index (χ3v) is 5.40. The van der Waals surface area contributed by atoms with E-state index < -0.39 is 11.7 Å². The topological polar surface area (TPSA) is 79.4 Å². The number of pyridine rings is 2. The van der Waals surface area contributed by atoms with Gasteiger partial charge in [-0.1, -0.05) is 6.07 Å². The van der Waals surface area contributed by atoms with Crippen LogP contribution in [-0.4, -0.2) is 46.6 Å². The molecule has 3 aromatic rings. The van der Waals surface area contributed by atoms with Crippen LogP contribution in [0.25, 0.3) is 10.9 Å². The number of carbonyl (C=O) groups excluding carboxylic acids is 1. The van der Waals surface area contributed by atoms with Crippen molar-refractivity contribution in [1.82, 2.24) is 25.5 Å². The lowest BCUT2D eigenvalue weighted by atomic mass is 10.1. The Morgan fingerprint density at radius 1 is 1.16 bits per heavy atom. The molecule has 2 N–H and O–H groups in total. The van der Waals surface area contributed by atoms with Crippen LogP contribution in [0.5, 0.6) is 11.6 Å². The first-order valence-electron chi connectivity index (χ1n) is 9.95. The van der Waals surface area contributed by atoms with E-state index >= 15 is 0 Å². The molecule has 32 heavy (non-hydrogen) atoms. The van der Waals surface area contributed by atoms with Gasteiger partial charge in [-0.3, -0.25) is 10.1 Å². The lowest BCUT2D eigenvalue weighted by Crippen LogP contribution is -2.45. The molecule has 164 valence electrons.